The number of carbonyl (C=O) groups excluding carboxylic acids is 2. The van der Waals surface area contributed by atoms with Crippen LogP contribution in [0.2, 0.25) is 0 Å². The summed E-state index contributed by atoms with van der Waals surface area (Å²) in [5.41, 5.74) is 8.49. The minimum atomic E-state index is -0.413. The van der Waals surface area contributed by atoms with Gasteiger partial charge in [-0.2, -0.15) is 0 Å². The van der Waals surface area contributed by atoms with Crippen molar-refractivity contribution in [3.05, 3.63) is 77.5 Å². The number of aromatic nitrogens is 1. The lowest BCUT2D eigenvalue weighted by molar-refractivity contribution is 0.0786. The molecule has 4 rings (SSSR count). The van der Waals surface area contributed by atoms with Crippen LogP contribution >= 0.6 is 0 Å². The molecule has 0 radical (unpaired) electrons. The zero-order chi connectivity index (χ0) is 18.8. The van der Waals surface area contributed by atoms with Crippen molar-refractivity contribution >= 4 is 22.7 Å². The molecule has 0 bridgehead atoms. The summed E-state index contributed by atoms with van der Waals surface area (Å²) >= 11 is 0. The van der Waals surface area contributed by atoms with Gasteiger partial charge >= 0.3 is 0 Å². The average molecular weight is 359 g/mol. The maximum Gasteiger partial charge on any atom is 0.255 e. The van der Waals surface area contributed by atoms with Crippen LogP contribution in [0.25, 0.3) is 10.9 Å². The van der Waals surface area contributed by atoms with Gasteiger partial charge in [-0.1, -0.05) is 30.3 Å². The van der Waals surface area contributed by atoms with Gasteiger partial charge in [0.1, 0.15) is 0 Å². The SMILES string of the molecule is NC(=O)c1cccc(CC2CCN(C(=O)c3cnc4ccccc4c3)C2)c1. The zero-order valence-electron chi connectivity index (χ0n) is 15.0. The Morgan fingerprint density at radius 3 is 2.78 bits per heavy atom. The number of rotatable bonds is 4. The summed E-state index contributed by atoms with van der Waals surface area (Å²) in [5.74, 6) is -0.00369. The van der Waals surface area contributed by atoms with Gasteiger partial charge in [0, 0.05) is 30.2 Å². The van der Waals surface area contributed by atoms with Gasteiger partial charge in [-0.3, -0.25) is 14.6 Å². The lowest BCUT2D eigenvalue weighted by Gasteiger charge is -2.17. The molecule has 1 unspecified atom stereocenters. The van der Waals surface area contributed by atoms with Crippen molar-refractivity contribution in [1.82, 2.24) is 9.88 Å². The third-order valence-electron chi connectivity index (χ3n) is 5.15. The molecule has 2 amide bonds. The molecule has 1 aliphatic heterocycles. The van der Waals surface area contributed by atoms with Crippen molar-refractivity contribution in [3.63, 3.8) is 0 Å². The Morgan fingerprint density at radius 1 is 1.07 bits per heavy atom. The molecule has 1 saturated heterocycles. The Labute approximate surface area is 157 Å². The molecule has 0 saturated carbocycles. The van der Waals surface area contributed by atoms with Crippen LogP contribution in [0.4, 0.5) is 0 Å². The van der Waals surface area contributed by atoms with Crippen LogP contribution in [0.5, 0.6) is 0 Å². The van der Waals surface area contributed by atoms with Crippen LogP contribution in [0.15, 0.2) is 60.8 Å². The van der Waals surface area contributed by atoms with Gasteiger partial charge in [0.05, 0.1) is 11.1 Å². The number of likely N-dealkylation sites (tertiary alicyclic amines) is 1. The van der Waals surface area contributed by atoms with Crippen molar-refractivity contribution in [2.45, 2.75) is 12.8 Å². The number of nitrogens with zero attached hydrogens (tertiary/aromatic N) is 2. The van der Waals surface area contributed by atoms with Crippen molar-refractivity contribution < 1.29 is 9.59 Å². The Balaban J connectivity index is 1.44. The fourth-order valence-electron chi connectivity index (χ4n) is 3.74. The maximum absolute atomic E-state index is 12.9. The van der Waals surface area contributed by atoms with Crippen LogP contribution in [-0.2, 0) is 6.42 Å². The highest BCUT2D eigenvalue weighted by Crippen LogP contribution is 2.23. The van der Waals surface area contributed by atoms with E-state index in [-0.39, 0.29) is 5.91 Å². The van der Waals surface area contributed by atoms with Gasteiger partial charge in [0.2, 0.25) is 5.91 Å². The summed E-state index contributed by atoms with van der Waals surface area (Å²) in [4.78, 5) is 30.5. The molecule has 1 aliphatic rings. The molecule has 2 heterocycles. The highest BCUT2D eigenvalue weighted by atomic mass is 16.2. The monoisotopic (exact) mass is 359 g/mol. The van der Waals surface area contributed by atoms with Crippen LogP contribution in [0, 0.1) is 5.92 Å². The summed E-state index contributed by atoms with van der Waals surface area (Å²) in [5, 5.41) is 0.974. The van der Waals surface area contributed by atoms with Crippen LogP contribution in [-0.4, -0.2) is 34.8 Å². The standard InChI is InChI=1S/C22H21N3O2/c23-21(26)18-6-3-4-15(11-18)10-16-8-9-25(14-16)22(27)19-12-17-5-1-2-7-20(17)24-13-19/h1-7,11-13,16H,8-10,14H2,(H2,23,26). The lowest BCUT2D eigenvalue weighted by Crippen LogP contribution is -2.29. The minimum absolute atomic E-state index is 0.0293. The van der Waals surface area contributed by atoms with Crippen molar-refractivity contribution in [3.8, 4) is 0 Å². The molecule has 3 aromatic rings. The summed E-state index contributed by atoms with van der Waals surface area (Å²) in [6.45, 7) is 1.46. The number of fused-ring (bicyclic) bond motifs is 1. The van der Waals surface area contributed by atoms with E-state index in [4.69, 9.17) is 5.73 Å². The Morgan fingerprint density at radius 2 is 1.93 bits per heavy atom. The largest absolute Gasteiger partial charge is 0.366 e. The van der Waals surface area contributed by atoms with E-state index in [1.165, 1.54) is 0 Å². The van der Waals surface area contributed by atoms with E-state index in [2.05, 4.69) is 4.98 Å². The van der Waals surface area contributed by atoms with Gasteiger partial charge in [-0.25, -0.2) is 0 Å². The van der Waals surface area contributed by atoms with Gasteiger partial charge < -0.3 is 10.6 Å². The molecule has 27 heavy (non-hydrogen) atoms. The first-order valence-electron chi connectivity index (χ1n) is 9.13. The predicted molar refractivity (Wildman–Crippen MR) is 104 cm³/mol. The number of benzene rings is 2. The number of pyridine rings is 1. The molecule has 2 N–H and O–H groups in total. The quantitative estimate of drug-likeness (QED) is 0.778. The Hall–Kier alpha value is -3.21. The fraction of sp³-hybridized carbons (Fsp3) is 0.227. The molecule has 1 aromatic heterocycles. The van der Waals surface area contributed by atoms with E-state index in [0.717, 1.165) is 35.9 Å². The molecule has 2 aromatic carbocycles. The topological polar surface area (TPSA) is 76.3 Å². The van der Waals surface area contributed by atoms with E-state index in [1.807, 2.05) is 53.4 Å². The Kier molecular flexibility index (Phi) is 4.59. The molecule has 1 atom stereocenters. The highest BCUT2D eigenvalue weighted by Gasteiger charge is 2.27. The molecule has 0 aliphatic carbocycles. The molecule has 5 nitrogen and oxygen atoms in total. The third-order valence-corrected chi connectivity index (χ3v) is 5.15. The number of para-hydroxylation sites is 1. The normalized spacial score (nSPS) is 16.6. The highest BCUT2D eigenvalue weighted by molar-refractivity contribution is 5.97. The third kappa shape index (κ3) is 3.67. The molecule has 1 fully saturated rings. The van der Waals surface area contributed by atoms with Gasteiger partial charge in [0.25, 0.3) is 5.91 Å². The number of hydrogen-bond donors (Lipinski definition) is 1. The predicted octanol–water partition coefficient (Wildman–Crippen LogP) is 3.04. The molecular formula is C22H21N3O2. The molecule has 5 heteroatoms. The van der Waals surface area contributed by atoms with E-state index in [9.17, 15) is 9.59 Å². The first-order chi connectivity index (χ1) is 13.1. The minimum Gasteiger partial charge on any atom is -0.366 e. The fourth-order valence-corrected chi connectivity index (χ4v) is 3.74. The van der Waals surface area contributed by atoms with Crippen LogP contribution < -0.4 is 5.73 Å². The van der Waals surface area contributed by atoms with Gasteiger partial charge in [-0.05, 0) is 48.6 Å². The summed E-state index contributed by atoms with van der Waals surface area (Å²) in [6, 6.07) is 17.1. The van der Waals surface area contributed by atoms with Gasteiger partial charge in [0.15, 0.2) is 0 Å². The summed E-state index contributed by atoms with van der Waals surface area (Å²) < 4.78 is 0. The zero-order valence-corrected chi connectivity index (χ0v) is 15.0. The van der Waals surface area contributed by atoms with Crippen LogP contribution in [0.3, 0.4) is 0 Å². The number of nitrogens with two attached hydrogens (primary N) is 1. The maximum atomic E-state index is 12.9. The summed E-state index contributed by atoms with van der Waals surface area (Å²) in [6.07, 6.45) is 3.45. The smallest absolute Gasteiger partial charge is 0.255 e. The number of amides is 2. The van der Waals surface area contributed by atoms with Gasteiger partial charge in [-0.15, -0.1) is 0 Å². The molecular weight excluding hydrogens is 338 g/mol. The van der Waals surface area contributed by atoms with Crippen molar-refractivity contribution in [2.24, 2.45) is 11.7 Å². The van der Waals surface area contributed by atoms with Crippen molar-refractivity contribution in [1.29, 1.82) is 0 Å². The second-order valence-electron chi connectivity index (χ2n) is 7.09. The first kappa shape index (κ1) is 17.2. The molecule has 0 spiro atoms. The second kappa shape index (κ2) is 7.19. The summed E-state index contributed by atoms with van der Waals surface area (Å²) in [7, 11) is 0. The van der Waals surface area contributed by atoms with Crippen molar-refractivity contribution in [2.75, 3.05) is 13.1 Å². The van der Waals surface area contributed by atoms with E-state index >= 15 is 0 Å². The number of hydrogen-bond acceptors (Lipinski definition) is 3. The lowest BCUT2D eigenvalue weighted by atomic mass is 9.97. The van der Waals surface area contributed by atoms with E-state index < -0.39 is 5.91 Å². The number of primary amides is 1. The Bertz CT molecular complexity index is 1020. The first-order valence-corrected chi connectivity index (χ1v) is 9.13. The molecule has 136 valence electrons. The number of carbonyl (C=O) groups is 2. The average Bonchev–Trinajstić information content (AvgIpc) is 3.15. The second-order valence-corrected chi connectivity index (χ2v) is 7.09. The van der Waals surface area contributed by atoms with E-state index in [0.29, 0.717) is 23.6 Å². The van der Waals surface area contributed by atoms with E-state index in [1.54, 1.807) is 12.3 Å². The van der Waals surface area contributed by atoms with Crippen LogP contribution in [0.1, 0.15) is 32.7 Å².